The zero-order chi connectivity index (χ0) is 19.2. The third-order valence-corrected chi connectivity index (χ3v) is 3.91. The number of nitrogens with zero attached hydrogens (tertiary/aromatic N) is 1. The van der Waals surface area contributed by atoms with Crippen LogP contribution in [0.25, 0.3) is 0 Å². The first-order valence-electron chi connectivity index (χ1n) is 8.28. The number of anilines is 1. The van der Waals surface area contributed by atoms with Gasteiger partial charge in [0.15, 0.2) is 0 Å². The largest absolute Gasteiger partial charge is 0.382 e. The van der Waals surface area contributed by atoms with Gasteiger partial charge in [-0.2, -0.15) is 0 Å². The third-order valence-electron chi connectivity index (χ3n) is 3.91. The summed E-state index contributed by atoms with van der Waals surface area (Å²) in [7, 11) is 0. The maximum atomic E-state index is 12.3. The van der Waals surface area contributed by atoms with Crippen molar-refractivity contribution in [3.05, 3.63) is 65.7 Å². The molecule has 27 heavy (non-hydrogen) atoms. The van der Waals surface area contributed by atoms with Crippen LogP contribution in [-0.2, 0) is 14.4 Å². The molecule has 0 saturated heterocycles. The van der Waals surface area contributed by atoms with Gasteiger partial charge in [-0.1, -0.05) is 35.5 Å². The van der Waals surface area contributed by atoms with E-state index in [4.69, 9.17) is 10.6 Å². The van der Waals surface area contributed by atoms with Gasteiger partial charge in [0.2, 0.25) is 12.0 Å². The number of amides is 3. The molecule has 0 spiro atoms. The Morgan fingerprint density at radius 2 is 1.78 bits per heavy atom. The van der Waals surface area contributed by atoms with Gasteiger partial charge in [-0.3, -0.25) is 14.4 Å². The highest BCUT2D eigenvalue weighted by molar-refractivity contribution is 6.06. The number of hydrogen-bond donors (Lipinski definition) is 3. The fraction of sp³-hybridized carbons (Fsp3) is 0.158. The minimum Gasteiger partial charge on any atom is -0.382 e. The van der Waals surface area contributed by atoms with Crippen molar-refractivity contribution in [3.8, 4) is 0 Å². The Morgan fingerprint density at radius 3 is 2.44 bits per heavy atom. The van der Waals surface area contributed by atoms with E-state index in [1.54, 1.807) is 12.1 Å². The second kappa shape index (κ2) is 8.13. The lowest BCUT2D eigenvalue weighted by Gasteiger charge is -2.10. The summed E-state index contributed by atoms with van der Waals surface area (Å²) in [6, 6.07) is 15.8. The third kappa shape index (κ3) is 4.69. The van der Waals surface area contributed by atoms with E-state index >= 15 is 0 Å². The number of primary amides is 1. The normalized spacial score (nSPS) is 15.4. The molecule has 0 radical (unpaired) electrons. The Hall–Kier alpha value is -3.68. The van der Waals surface area contributed by atoms with Gasteiger partial charge in [-0.05, 0) is 29.8 Å². The van der Waals surface area contributed by atoms with E-state index < -0.39 is 17.9 Å². The van der Waals surface area contributed by atoms with Crippen molar-refractivity contribution in [2.75, 3.05) is 11.9 Å². The van der Waals surface area contributed by atoms with E-state index in [0.717, 1.165) is 11.3 Å². The molecule has 2 aromatic carbocycles. The Balaban J connectivity index is 1.54. The van der Waals surface area contributed by atoms with Crippen LogP contribution in [0.2, 0.25) is 0 Å². The molecule has 4 N–H and O–H groups in total. The van der Waals surface area contributed by atoms with E-state index in [1.807, 2.05) is 30.3 Å². The molecule has 1 aliphatic heterocycles. The lowest BCUT2D eigenvalue weighted by Crippen LogP contribution is -2.33. The van der Waals surface area contributed by atoms with Crippen molar-refractivity contribution in [1.29, 1.82) is 0 Å². The number of oxime groups is 1. The van der Waals surface area contributed by atoms with Crippen molar-refractivity contribution in [2.45, 2.75) is 12.5 Å². The lowest BCUT2D eigenvalue weighted by molar-refractivity contribution is -0.125. The van der Waals surface area contributed by atoms with Gasteiger partial charge in [-0.15, -0.1) is 0 Å². The Bertz CT molecular complexity index is 878. The molecule has 8 nitrogen and oxygen atoms in total. The number of carbonyl (C=O) groups excluding carboxylic acids is 3. The average Bonchev–Trinajstić information content (AvgIpc) is 3.18. The summed E-state index contributed by atoms with van der Waals surface area (Å²) in [6.07, 6.45) is -0.331. The summed E-state index contributed by atoms with van der Waals surface area (Å²) in [4.78, 5) is 40.1. The molecule has 0 aliphatic carbocycles. The fourth-order valence-electron chi connectivity index (χ4n) is 2.52. The summed E-state index contributed by atoms with van der Waals surface area (Å²) in [5, 5.41) is 9.10. The fourth-order valence-corrected chi connectivity index (χ4v) is 2.52. The van der Waals surface area contributed by atoms with Crippen molar-refractivity contribution >= 4 is 29.1 Å². The highest BCUT2D eigenvalue weighted by atomic mass is 16.6. The van der Waals surface area contributed by atoms with Crippen molar-refractivity contribution in [2.24, 2.45) is 10.9 Å². The topological polar surface area (TPSA) is 123 Å². The number of nitrogens with one attached hydrogen (secondary N) is 2. The van der Waals surface area contributed by atoms with E-state index in [0.29, 0.717) is 17.7 Å². The number of nitrogens with two attached hydrogens (primary N) is 1. The summed E-state index contributed by atoms with van der Waals surface area (Å²) in [6.45, 7) is -0.236. The molecular weight excluding hydrogens is 348 g/mol. The Labute approximate surface area is 155 Å². The van der Waals surface area contributed by atoms with Crippen LogP contribution in [0.5, 0.6) is 0 Å². The van der Waals surface area contributed by atoms with Crippen molar-refractivity contribution in [1.82, 2.24) is 5.32 Å². The molecule has 1 aliphatic rings. The molecule has 8 heteroatoms. The van der Waals surface area contributed by atoms with Crippen LogP contribution in [0.3, 0.4) is 0 Å². The maximum Gasteiger partial charge on any atom is 0.268 e. The lowest BCUT2D eigenvalue weighted by atomic mass is 10.0. The number of hydrogen-bond acceptors (Lipinski definition) is 5. The Morgan fingerprint density at radius 1 is 1.07 bits per heavy atom. The molecule has 1 heterocycles. The molecule has 3 amide bonds. The standard InChI is InChI=1S/C19H18N4O4/c20-17(24)11-21-18(25)13-6-8-14(9-7-13)22-19(26)16-10-15(23-27-16)12-4-2-1-3-5-12/h1-9,16H,10-11H2,(H2,20,24)(H,21,25)(H,22,26). The van der Waals surface area contributed by atoms with Crippen LogP contribution >= 0.6 is 0 Å². The average molecular weight is 366 g/mol. The molecule has 0 bridgehead atoms. The van der Waals surface area contributed by atoms with Gasteiger partial charge in [0, 0.05) is 17.7 Å². The molecule has 0 saturated carbocycles. The van der Waals surface area contributed by atoms with E-state index in [2.05, 4.69) is 15.8 Å². The Kier molecular flexibility index (Phi) is 5.46. The van der Waals surface area contributed by atoms with E-state index in [9.17, 15) is 14.4 Å². The van der Waals surface area contributed by atoms with Gasteiger partial charge in [0.05, 0.1) is 12.3 Å². The first-order chi connectivity index (χ1) is 13.0. The number of rotatable bonds is 6. The molecule has 1 unspecified atom stereocenters. The minimum atomic E-state index is -0.709. The van der Waals surface area contributed by atoms with Crippen LogP contribution in [0.1, 0.15) is 22.3 Å². The van der Waals surface area contributed by atoms with Gasteiger partial charge in [0.1, 0.15) is 0 Å². The first-order valence-corrected chi connectivity index (χ1v) is 8.28. The number of benzene rings is 2. The van der Waals surface area contributed by atoms with Gasteiger partial charge in [-0.25, -0.2) is 0 Å². The van der Waals surface area contributed by atoms with Crippen LogP contribution in [0.15, 0.2) is 59.8 Å². The number of carbonyl (C=O) groups is 3. The second-order valence-corrected chi connectivity index (χ2v) is 5.92. The van der Waals surface area contributed by atoms with E-state index in [1.165, 1.54) is 12.1 Å². The zero-order valence-electron chi connectivity index (χ0n) is 14.3. The molecule has 0 aromatic heterocycles. The molecule has 138 valence electrons. The quantitative estimate of drug-likeness (QED) is 0.706. The summed E-state index contributed by atoms with van der Waals surface area (Å²) < 4.78 is 0. The molecule has 3 rings (SSSR count). The predicted molar refractivity (Wildman–Crippen MR) is 99.1 cm³/mol. The molecule has 2 aromatic rings. The maximum absolute atomic E-state index is 12.3. The van der Waals surface area contributed by atoms with Gasteiger partial charge in [0.25, 0.3) is 11.8 Å². The minimum absolute atomic E-state index is 0.236. The van der Waals surface area contributed by atoms with Crippen LogP contribution in [0.4, 0.5) is 5.69 Å². The van der Waals surface area contributed by atoms with Crippen LogP contribution < -0.4 is 16.4 Å². The zero-order valence-corrected chi connectivity index (χ0v) is 14.3. The second-order valence-electron chi connectivity index (χ2n) is 5.92. The highest BCUT2D eigenvalue weighted by Crippen LogP contribution is 2.18. The molecular formula is C19H18N4O4. The highest BCUT2D eigenvalue weighted by Gasteiger charge is 2.28. The first kappa shape index (κ1) is 18.1. The molecule has 0 fully saturated rings. The van der Waals surface area contributed by atoms with Crippen molar-refractivity contribution < 1.29 is 19.2 Å². The summed E-state index contributed by atoms with van der Waals surface area (Å²) in [5.41, 5.74) is 7.48. The van der Waals surface area contributed by atoms with E-state index in [-0.39, 0.29) is 12.5 Å². The summed E-state index contributed by atoms with van der Waals surface area (Å²) >= 11 is 0. The van der Waals surface area contributed by atoms with Crippen molar-refractivity contribution in [3.63, 3.8) is 0 Å². The predicted octanol–water partition coefficient (Wildman–Crippen LogP) is 1.03. The van der Waals surface area contributed by atoms with Crippen LogP contribution in [-0.4, -0.2) is 36.1 Å². The summed E-state index contributed by atoms with van der Waals surface area (Å²) in [5.74, 6) is -1.37. The SMILES string of the molecule is NC(=O)CNC(=O)c1ccc(NC(=O)C2CC(c3ccccc3)=NO2)cc1. The van der Waals surface area contributed by atoms with Gasteiger partial charge >= 0.3 is 0 Å². The smallest absolute Gasteiger partial charge is 0.268 e. The van der Waals surface area contributed by atoms with Crippen LogP contribution in [0, 0.1) is 0 Å². The monoisotopic (exact) mass is 366 g/mol. The molecule has 1 atom stereocenters. The van der Waals surface area contributed by atoms with Gasteiger partial charge < -0.3 is 21.2 Å².